The first-order valence-corrected chi connectivity index (χ1v) is 5.13. The maximum absolute atomic E-state index is 2.35. The topological polar surface area (TPSA) is 0 Å². The van der Waals surface area contributed by atoms with Gasteiger partial charge < -0.3 is 0 Å². The van der Waals surface area contributed by atoms with Gasteiger partial charge in [0.1, 0.15) is 0 Å². The van der Waals surface area contributed by atoms with Crippen LogP contribution in [0.25, 0.3) is 0 Å². The molecule has 0 aromatic heterocycles. The zero-order chi connectivity index (χ0) is 8.85. The van der Waals surface area contributed by atoms with Gasteiger partial charge in [-0.3, -0.25) is 0 Å². The van der Waals surface area contributed by atoms with Crippen molar-refractivity contribution in [1.82, 2.24) is 0 Å². The molecule has 0 aliphatic heterocycles. The first-order valence-electron chi connectivity index (χ1n) is 5.13. The molecule has 1 aliphatic carbocycles. The third-order valence-corrected chi connectivity index (χ3v) is 3.04. The van der Waals surface area contributed by atoms with Crippen molar-refractivity contribution in [3.8, 4) is 0 Å². The van der Waals surface area contributed by atoms with E-state index < -0.39 is 0 Å². The molecule has 0 N–H and O–H groups in total. The van der Waals surface area contributed by atoms with E-state index >= 15 is 0 Å². The molecular formula is C11H24. The Hall–Kier alpha value is 0. The molecule has 11 heavy (non-hydrogen) atoms. The summed E-state index contributed by atoms with van der Waals surface area (Å²) in [6.07, 6.45) is 4.10. The minimum atomic E-state index is 1.000. The Kier molecular flexibility index (Phi) is 5.62. The van der Waals surface area contributed by atoms with Crippen LogP contribution in [0, 0.1) is 17.8 Å². The summed E-state index contributed by atoms with van der Waals surface area (Å²) in [5.74, 6) is 3.02. The van der Waals surface area contributed by atoms with Gasteiger partial charge in [0.15, 0.2) is 0 Å². The summed E-state index contributed by atoms with van der Waals surface area (Å²) in [4.78, 5) is 0. The molecule has 0 radical (unpaired) electrons. The predicted octanol–water partition coefficient (Wildman–Crippen LogP) is 4.10. The van der Waals surface area contributed by atoms with Crippen LogP contribution in [0.5, 0.6) is 0 Å². The van der Waals surface area contributed by atoms with Crippen molar-refractivity contribution in [2.45, 2.75) is 53.9 Å². The molecule has 1 fully saturated rings. The van der Waals surface area contributed by atoms with Crippen molar-refractivity contribution in [2.75, 3.05) is 0 Å². The van der Waals surface area contributed by atoms with E-state index in [0.29, 0.717) is 0 Å². The lowest BCUT2D eigenvalue weighted by atomic mass is 9.68. The van der Waals surface area contributed by atoms with Crippen molar-refractivity contribution in [3.63, 3.8) is 0 Å². The van der Waals surface area contributed by atoms with Crippen molar-refractivity contribution >= 4 is 0 Å². The van der Waals surface area contributed by atoms with Crippen LogP contribution in [0.3, 0.4) is 0 Å². The van der Waals surface area contributed by atoms with E-state index in [1.165, 1.54) is 19.3 Å². The first-order chi connectivity index (χ1) is 5.13. The minimum absolute atomic E-state index is 1.000. The number of hydrogen-bond donors (Lipinski definition) is 0. The number of hydrogen-bond acceptors (Lipinski definition) is 0. The van der Waals surface area contributed by atoms with Gasteiger partial charge in [0.05, 0.1) is 0 Å². The van der Waals surface area contributed by atoms with Gasteiger partial charge in [0, 0.05) is 0 Å². The summed E-state index contributed by atoms with van der Waals surface area (Å²) in [5.41, 5.74) is 0. The first kappa shape index (κ1) is 11.0. The van der Waals surface area contributed by atoms with Crippen LogP contribution in [0.1, 0.15) is 53.9 Å². The Morgan fingerprint density at radius 1 is 0.909 bits per heavy atom. The fraction of sp³-hybridized carbons (Fsp3) is 1.00. The Bertz CT molecular complexity index is 76.0. The lowest BCUT2D eigenvalue weighted by Gasteiger charge is -2.38. The lowest BCUT2D eigenvalue weighted by molar-refractivity contribution is 0.120. The highest BCUT2D eigenvalue weighted by Gasteiger charge is 2.29. The van der Waals surface area contributed by atoms with Crippen LogP contribution in [0.4, 0.5) is 0 Å². The largest absolute Gasteiger partial charge is 0.0654 e. The molecule has 0 amide bonds. The molecule has 0 bridgehead atoms. The SMILES string of the molecule is CC1CC(C)C1C.CCCC. The van der Waals surface area contributed by atoms with Crippen LogP contribution >= 0.6 is 0 Å². The Morgan fingerprint density at radius 3 is 1.27 bits per heavy atom. The Balaban J connectivity index is 0.000000218. The maximum atomic E-state index is 2.35. The smallest absolute Gasteiger partial charge is 0.0391 e. The molecule has 1 saturated carbocycles. The summed E-state index contributed by atoms with van der Waals surface area (Å²) >= 11 is 0. The van der Waals surface area contributed by atoms with E-state index in [1.54, 1.807) is 0 Å². The molecule has 0 nitrogen and oxygen atoms in total. The highest BCUT2D eigenvalue weighted by Crippen LogP contribution is 2.38. The van der Waals surface area contributed by atoms with Crippen molar-refractivity contribution in [1.29, 1.82) is 0 Å². The van der Waals surface area contributed by atoms with E-state index in [9.17, 15) is 0 Å². The fourth-order valence-electron chi connectivity index (χ4n) is 1.38. The molecule has 0 aromatic rings. The summed E-state index contributed by atoms with van der Waals surface area (Å²) in [6.45, 7) is 11.4. The zero-order valence-corrected chi connectivity index (χ0v) is 8.85. The van der Waals surface area contributed by atoms with Gasteiger partial charge in [-0.15, -0.1) is 0 Å². The van der Waals surface area contributed by atoms with Crippen LogP contribution in [-0.2, 0) is 0 Å². The van der Waals surface area contributed by atoms with Crippen molar-refractivity contribution in [2.24, 2.45) is 17.8 Å². The monoisotopic (exact) mass is 156 g/mol. The molecule has 2 atom stereocenters. The molecule has 68 valence electrons. The average molecular weight is 156 g/mol. The molecule has 0 heterocycles. The predicted molar refractivity (Wildman–Crippen MR) is 52.7 cm³/mol. The maximum Gasteiger partial charge on any atom is -0.0391 e. The van der Waals surface area contributed by atoms with E-state index in [2.05, 4.69) is 34.6 Å². The average Bonchev–Trinajstić information content (AvgIpc) is 2.05. The van der Waals surface area contributed by atoms with Crippen LogP contribution in [0.15, 0.2) is 0 Å². The molecule has 0 heteroatoms. The van der Waals surface area contributed by atoms with Gasteiger partial charge in [-0.05, 0) is 24.2 Å². The van der Waals surface area contributed by atoms with Gasteiger partial charge in [-0.2, -0.15) is 0 Å². The molecule has 0 spiro atoms. The Morgan fingerprint density at radius 2 is 1.27 bits per heavy atom. The molecule has 1 aliphatic rings. The van der Waals surface area contributed by atoms with E-state index in [-0.39, 0.29) is 0 Å². The second kappa shape index (κ2) is 5.62. The third kappa shape index (κ3) is 3.79. The third-order valence-electron chi connectivity index (χ3n) is 3.04. The zero-order valence-electron chi connectivity index (χ0n) is 8.85. The van der Waals surface area contributed by atoms with Gasteiger partial charge >= 0.3 is 0 Å². The quantitative estimate of drug-likeness (QED) is 0.536. The summed E-state index contributed by atoms with van der Waals surface area (Å²) in [6, 6.07) is 0. The van der Waals surface area contributed by atoms with Gasteiger partial charge in [-0.1, -0.05) is 47.5 Å². The van der Waals surface area contributed by atoms with Crippen molar-refractivity contribution in [3.05, 3.63) is 0 Å². The molecule has 2 unspecified atom stereocenters. The number of unbranched alkanes of at least 4 members (excludes halogenated alkanes) is 1. The minimum Gasteiger partial charge on any atom is -0.0654 e. The van der Waals surface area contributed by atoms with Crippen LogP contribution in [-0.4, -0.2) is 0 Å². The molecule has 0 aromatic carbocycles. The highest BCUT2D eigenvalue weighted by atomic mass is 14.3. The normalized spacial score (nSPS) is 35.2. The number of rotatable bonds is 1. The van der Waals surface area contributed by atoms with E-state index in [0.717, 1.165) is 17.8 Å². The highest BCUT2D eigenvalue weighted by molar-refractivity contribution is 4.79. The molecular weight excluding hydrogens is 132 g/mol. The van der Waals surface area contributed by atoms with Crippen LogP contribution < -0.4 is 0 Å². The standard InChI is InChI=1S/C7H14.C4H10/c1-5-4-6(2)7(5)3;1-3-4-2/h5-7H,4H2,1-3H3;3-4H2,1-2H3. The second-order valence-electron chi connectivity index (χ2n) is 4.05. The summed E-state index contributed by atoms with van der Waals surface area (Å²) < 4.78 is 0. The van der Waals surface area contributed by atoms with E-state index in [1.807, 2.05) is 0 Å². The lowest BCUT2D eigenvalue weighted by Crippen LogP contribution is -2.29. The van der Waals surface area contributed by atoms with E-state index in [4.69, 9.17) is 0 Å². The molecule has 0 saturated heterocycles. The second-order valence-corrected chi connectivity index (χ2v) is 4.05. The Labute approximate surface area is 72.4 Å². The fourth-order valence-corrected chi connectivity index (χ4v) is 1.38. The molecule has 1 rings (SSSR count). The summed E-state index contributed by atoms with van der Waals surface area (Å²) in [7, 11) is 0. The van der Waals surface area contributed by atoms with Gasteiger partial charge in [0.2, 0.25) is 0 Å². The van der Waals surface area contributed by atoms with Crippen molar-refractivity contribution < 1.29 is 0 Å². The van der Waals surface area contributed by atoms with Gasteiger partial charge in [0.25, 0.3) is 0 Å². The summed E-state index contributed by atoms with van der Waals surface area (Å²) in [5, 5.41) is 0. The van der Waals surface area contributed by atoms with Crippen LogP contribution in [0.2, 0.25) is 0 Å². The van der Waals surface area contributed by atoms with Gasteiger partial charge in [-0.25, -0.2) is 0 Å².